The van der Waals surface area contributed by atoms with Gasteiger partial charge in [0.25, 0.3) is 0 Å². The summed E-state index contributed by atoms with van der Waals surface area (Å²) < 4.78 is 4.74. The van der Waals surface area contributed by atoms with Crippen molar-refractivity contribution in [3.8, 4) is 0 Å². The molecule has 5 nitrogen and oxygen atoms in total. The lowest BCUT2D eigenvalue weighted by Gasteiger charge is -2.30. The first kappa shape index (κ1) is 15.7. The summed E-state index contributed by atoms with van der Waals surface area (Å²) in [5, 5.41) is 0. The summed E-state index contributed by atoms with van der Waals surface area (Å²) in [7, 11) is 1.40. The number of carbonyl (C=O) groups excluding carboxylic acids is 2. The largest absolute Gasteiger partial charge is 0.469 e. The Kier molecular flexibility index (Phi) is 5.50. The maximum Gasteiger partial charge on any atom is 0.308 e. The van der Waals surface area contributed by atoms with E-state index in [2.05, 4.69) is 0 Å². The molecule has 114 valence electrons. The number of anilines is 1. The van der Waals surface area contributed by atoms with Gasteiger partial charge in [0.1, 0.15) is 0 Å². The molecule has 0 bridgehead atoms. The molecule has 0 atom stereocenters. The van der Waals surface area contributed by atoms with E-state index in [0.29, 0.717) is 37.4 Å². The molecule has 1 aromatic carbocycles. The highest BCUT2D eigenvalue weighted by Crippen LogP contribution is 2.25. The molecule has 1 amide bonds. The number of nitrogens with zero attached hydrogens (tertiary/aromatic N) is 1. The van der Waals surface area contributed by atoms with Crippen molar-refractivity contribution in [2.45, 2.75) is 17.7 Å². The van der Waals surface area contributed by atoms with Crippen LogP contribution in [0.15, 0.2) is 29.2 Å². The lowest BCUT2D eigenvalue weighted by molar-refractivity contribution is -0.148. The Morgan fingerprint density at radius 1 is 1.33 bits per heavy atom. The van der Waals surface area contributed by atoms with Crippen molar-refractivity contribution >= 4 is 29.3 Å². The van der Waals surface area contributed by atoms with Crippen LogP contribution in [0.2, 0.25) is 0 Å². The van der Waals surface area contributed by atoms with Crippen molar-refractivity contribution in [3.05, 3.63) is 24.3 Å². The molecule has 1 heterocycles. The van der Waals surface area contributed by atoms with Crippen LogP contribution in [0.3, 0.4) is 0 Å². The van der Waals surface area contributed by atoms with E-state index >= 15 is 0 Å². The van der Waals surface area contributed by atoms with Gasteiger partial charge in [-0.05, 0) is 25.0 Å². The highest BCUT2D eigenvalue weighted by molar-refractivity contribution is 8.00. The average molecular weight is 308 g/mol. The van der Waals surface area contributed by atoms with E-state index in [0.717, 1.165) is 4.90 Å². The molecule has 0 radical (unpaired) electrons. The summed E-state index contributed by atoms with van der Waals surface area (Å²) in [6, 6.07) is 7.52. The number of carbonyl (C=O) groups is 2. The number of amides is 1. The van der Waals surface area contributed by atoms with Crippen molar-refractivity contribution in [3.63, 3.8) is 0 Å². The number of hydrogen-bond donors (Lipinski definition) is 1. The number of thioether (sulfide) groups is 1. The summed E-state index contributed by atoms with van der Waals surface area (Å²) in [4.78, 5) is 26.4. The van der Waals surface area contributed by atoms with Crippen molar-refractivity contribution < 1.29 is 14.3 Å². The summed E-state index contributed by atoms with van der Waals surface area (Å²) in [6.45, 7) is 1.23. The van der Waals surface area contributed by atoms with Gasteiger partial charge in [0.15, 0.2) is 0 Å². The van der Waals surface area contributed by atoms with E-state index in [1.807, 2.05) is 29.2 Å². The van der Waals surface area contributed by atoms with Gasteiger partial charge in [0.05, 0.1) is 18.8 Å². The van der Waals surface area contributed by atoms with Crippen LogP contribution in [-0.2, 0) is 14.3 Å². The molecule has 0 unspecified atom stereocenters. The monoisotopic (exact) mass is 308 g/mol. The molecule has 1 aromatic rings. The number of hydrogen-bond acceptors (Lipinski definition) is 5. The Labute approximate surface area is 128 Å². The minimum atomic E-state index is -0.173. The zero-order chi connectivity index (χ0) is 15.2. The number of nitrogens with two attached hydrogens (primary N) is 1. The van der Waals surface area contributed by atoms with E-state index in [1.165, 1.54) is 18.9 Å². The second kappa shape index (κ2) is 7.36. The maximum atomic E-state index is 12.2. The number of likely N-dealkylation sites (tertiary alicyclic amines) is 1. The molecule has 1 fully saturated rings. The first-order chi connectivity index (χ1) is 10.1. The molecule has 1 aliphatic rings. The van der Waals surface area contributed by atoms with Gasteiger partial charge in [-0.1, -0.05) is 12.1 Å². The van der Waals surface area contributed by atoms with Crippen LogP contribution in [0.25, 0.3) is 0 Å². The smallest absolute Gasteiger partial charge is 0.308 e. The number of esters is 1. The molecule has 1 aliphatic heterocycles. The van der Waals surface area contributed by atoms with Gasteiger partial charge >= 0.3 is 5.97 Å². The van der Waals surface area contributed by atoms with E-state index in [-0.39, 0.29) is 17.8 Å². The molecule has 0 saturated carbocycles. The Hall–Kier alpha value is -1.69. The van der Waals surface area contributed by atoms with Crippen LogP contribution in [-0.4, -0.2) is 42.7 Å². The number of rotatable bonds is 4. The number of para-hydroxylation sites is 1. The fourth-order valence-corrected chi connectivity index (χ4v) is 3.25. The van der Waals surface area contributed by atoms with Crippen molar-refractivity contribution in [2.24, 2.45) is 5.92 Å². The predicted molar refractivity (Wildman–Crippen MR) is 82.9 cm³/mol. The normalized spacial score (nSPS) is 15.8. The molecule has 21 heavy (non-hydrogen) atoms. The second-order valence-corrected chi connectivity index (χ2v) is 6.02. The number of piperidine rings is 1. The predicted octanol–water partition coefficient (Wildman–Crippen LogP) is 1.77. The van der Waals surface area contributed by atoms with Gasteiger partial charge in [-0.25, -0.2) is 0 Å². The second-order valence-electron chi connectivity index (χ2n) is 5.00. The van der Waals surface area contributed by atoms with E-state index in [4.69, 9.17) is 10.5 Å². The third-order valence-corrected chi connectivity index (χ3v) is 4.73. The Balaban J connectivity index is 1.80. The molecular weight excluding hydrogens is 288 g/mol. The summed E-state index contributed by atoms with van der Waals surface area (Å²) in [5.74, 6) is 0.216. The Morgan fingerprint density at radius 2 is 2.00 bits per heavy atom. The minimum absolute atomic E-state index is 0.0727. The topological polar surface area (TPSA) is 72.6 Å². The molecule has 0 aromatic heterocycles. The standard InChI is InChI=1S/C15H20N2O3S/c1-20-15(19)11-6-8-17(9-7-11)14(18)10-21-13-5-3-2-4-12(13)16/h2-5,11H,6-10,16H2,1H3. The van der Waals surface area contributed by atoms with Crippen LogP contribution in [0.4, 0.5) is 5.69 Å². The van der Waals surface area contributed by atoms with Crippen LogP contribution in [0.5, 0.6) is 0 Å². The van der Waals surface area contributed by atoms with Crippen molar-refractivity contribution in [2.75, 3.05) is 31.7 Å². The molecule has 0 spiro atoms. The van der Waals surface area contributed by atoms with Crippen LogP contribution in [0, 0.1) is 5.92 Å². The number of nitrogen functional groups attached to an aromatic ring is 1. The fourth-order valence-electron chi connectivity index (χ4n) is 2.37. The van der Waals surface area contributed by atoms with Crippen molar-refractivity contribution in [1.29, 1.82) is 0 Å². The molecule has 0 aliphatic carbocycles. The first-order valence-corrected chi connectivity index (χ1v) is 7.93. The maximum absolute atomic E-state index is 12.2. The zero-order valence-electron chi connectivity index (χ0n) is 12.1. The number of ether oxygens (including phenoxy) is 1. The van der Waals surface area contributed by atoms with Crippen LogP contribution in [0.1, 0.15) is 12.8 Å². The lowest BCUT2D eigenvalue weighted by atomic mass is 9.97. The summed E-state index contributed by atoms with van der Waals surface area (Å²) >= 11 is 1.45. The fraction of sp³-hybridized carbons (Fsp3) is 0.467. The summed E-state index contributed by atoms with van der Waals surface area (Å²) in [5.41, 5.74) is 6.55. The average Bonchev–Trinajstić information content (AvgIpc) is 2.53. The Bertz CT molecular complexity index is 513. The summed E-state index contributed by atoms with van der Waals surface area (Å²) in [6.07, 6.45) is 1.35. The molecule has 6 heteroatoms. The van der Waals surface area contributed by atoms with Gasteiger partial charge in [-0.3, -0.25) is 9.59 Å². The minimum Gasteiger partial charge on any atom is -0.469 e. The van der Waals surface area contributed by atoms with Crippen LogP contribution < -0.4 is 5.73 Å². The van der Waals surface area contributed by atoms with E-state index < -0.39 is 0 Å². The van der Waals surface area contributed by atoms with Crippen LogP contribution >= 0.6 is 11.8 Å². The highest BCUT2D eigenvalue weighted by atomic mass is 32.2. The Morgan fingerprint density at radius 3 is 2.62 bits per heavy atom. The van der Waals surface area contributed by atoms with Gasteiger partial charge in [0.2, 0.25) is 5.91 Å². The van der Waals surface area contributed by atoms with Crippen molar-refractivity contribution in [1.82, 2.24) is 4.90 Å². The highest BCUT2D eigenvalue weighted by Gasteiger charge is 2.27. The van der Waals surface area contributed by atoms with E-state index in [1.54, 1.807) is 0 Å². The molecule has 2 rings (SSSR count). The third kappa shape index (κ3) is 4.14. The first-order valence-electron chi connectivity index (χ1n) is 6.94. The van der Waals surface area contributed by atoms with Gasteiger partial charge in [-0.15, -0.1) is 11.8 Å². The zero-order valence-corrected chi connectivity index (χ0v) is 12.9. The van der Waals surface area contributed by atoms with Gasteiger partial charge < -0.3 is 15.4 Å². The quantitative estimate of drug-likeness (QED) is 0.521. The molecule has 1 saturated heterocycles. The van der Waals surface area contributed by atoms with Gasteiger partial charge in [-0.2, -0.15) is 0 Å². The SMILES string of the molecule is COC(=O)C1CCN(C(=O)CSc2ccccc2N)CC1. The lowest BCUT2D eigenvalue weighted by Crippen LogP contribution is -2.41. The number of benzene rings is 1. The third-order valence-electron chi connectivity index (χ3n) is 3.65. The van der Waals surface area contributed by atoms with E-state index in [9.17, 15) is 9.59 Å². The number of methoxy groups -OCH3 is 1. The van der Waals surface area contributed by atoms with Gasteiger partial charge in [0, 0.05) is 23.7 Å². The molecule has 2 N–H and O–H groups in total. The molecular formula is C15H20N2O3S.